The van der Waals surface area contributed by atoms with Crippen LogP contribution >= 0.6 is 0 Å². The van der Waals surface area contributed by atoms with Gasteiger partial charge in [-0.15, -0.1) is 0 Å². The van der Waals surface area contributed by atoms with Crippen LogP contribution in [0, 0.1) is 6.92 Å². The van der Waals surface area contributed by atoms with Gasteiger partial charge in [0.2, 0.25) is 0 Å². The van der Waals surface area contributed by atoms with Crippen molar-refractivity contribution in [1.29, 1.82) is 0 Å². The number of halogens is 3. The SMILES string of the molecule is Cc1cc(CCOc2cccc3c2CN(c2ccc(C(F)(F)F)cc2)C3=O)cc(CC(=O)O)c1. The van der Waals surface area contributed by atoms with Crippen LogP contribution in [0.25, 0.3) is 0 Å². The van der Waals surface area contributed by atoms with Crippen LogP contribution in [-0.2, 0) is 30.4 Å². The van der Waals surface area contributed by atoms with E-state index in [0.717, 1.165) is 28.8 Å². The molecule has 1 amide bonds. The minimum absolute atomic E-state index is 0.0520. The summed E-state index contributed by atoms with van der Waals surface area (Å²) in [5.74, 6) is -0.647. The molecule has 0 bridgehead atoms. The lowest BCUT2D eigenvalue weighted by molar-refractivity contribution is -0.138. The number of carboxylic acid groups (broad SMARTS) is 1. The van der Waals surface area contributed by atoms with Gasteiger partial charge in [-0.05, 0) is 54.4 Å². The highest BCUT2D eigenvalue weighted by atomic mass is 19.4. The first-order valence-electron chi connectivity index (χ1n) is 10.7. The van der Waals surface area contributed by atoms with Gasteiger partial charge in [0.15, 0.2) is 0 Å². The molecule has 5 nitrogen and oxygen atoms in total. The van der Waals surface area contributed by atoms with Crippen molar-refractivity contribution in [2.24, 2.45) is 0 Å². The Bertz CT molecular complexity index is 1240. The van der Waals surface area contributed by atoms with Crippen LogP contribution < -0.4 is 9.64 Å². The van der Waals surface area contributed by atoms with Gasteiger partial charge in [-0.2, -0.15) is 13.2 Å². The second-order valence-electron chi connectivity index (χ2n) is 8.21. The zero-order chi connectivity index (χ0) is 24.5. The van der Waals surface area contributed by atoms with Crippen molar-refractivity contribution in [2.45, 2.75) is 32.5 Å². The Hall–Kier alpha value is -3.81. The molecule has 176 valence electrons. The summed E-state index contributed by atoms with van der Waals surface area (Å²) in [6.07, 6.45) is -3.94. The highest BCUT2D eigenvalue weighted by Crippen LogP contribution is 2.36. The maximum Gasteiger partial charge on any atom is 0.416 e. The van der Waals surface area contributed by atoms with Crippen LogP contribution in [0.5, 0.6) is 5.75 Å². The Kier molecular flexibility index (Phi) is 6.32. The average molecular weight is 469 g/mol. The summed E-state index contributed by atoms with van der Waals surface area (Å²) < 4.78 is 44.5. The first kappa shape index (κ1) is 23.4. The summed E-state index contributed by atoms with van der Waals surface area (Å²) in [4.78, 5) is 25.3. The summed E-state index contributed by atoms with van der Waals surface area (Å²) >= 11 is 0. The summed E-state index contributed by atoms with van der Waals surface area (Å²) in [7, 11) is 0. The van der Waals surface area contributed by atoms with E-state index in [0.29, 0.717) is 35.6 Å². The molecule has 0 saturated carbocycles. The Morgan fingerprint density at radius 2 is 1.76 bits per heavy atom. The second kappa shape index (κ2) is 9.21. The molecule has 1 aliphatic rings. The lowest BCUT2D eigenvalue weighted by Crippen LogP contribution is -2.23. The molecule has 0 radical (unpaired) electrons. The van der Waals surface area contributed by atoms with E-state index < -0.39 is 17.7 Å². The molecule has 0 spiro atoms. The Morgan fingerprint density at radius 1 is 1.06 bits per heavy atom. The van der Waals surface area contributed by atoms with Gasteiger partial charge < -0.3 is 14.7 Å². The summed E-state index contributed by atoms with van der Waals surface area (Å²) in [5.41, 5.74) is 3.39. The second-order valence-corrected chi connectivity index (χ2v) is 8.21. The smallest absolute Gasteiger partial charge is 0.416 e. The highest BCUT2D eigenvalue weighted by molar-refractivity contribution is 6.10. The van der Waals surface area contributed by atoms with Gasteiger partial charge in [0.05, 0.1) is 25.1 Å². The van der Waals surface area contributed by atoms with E-state index in [1.165, 1.54) is 17.0 Å². The van der Waals surface area contributed by atoms with Crippen LogP contribution in [0.15, 0.2) is 60.7 Å². The molecule has 3 aromatic rings. The third-order valence-electron chi connectivity index (χ3n) is 5.63. The van der Waals surface area contributed by atoms with E-state index in [4.69, 9.17) is 9.84 Å². The number of carbonyl (C=O) groups excluding carboxylic acids is 1. The topological polar surface area (TPSA) is 66.8 Å². The Morgan fingerprint density at radius 3 is 2.44 bits per heavy atom. The summed E-state index contributed by atoms with van der Waals surface area (Å²) in [5, 5.41) is 9.03. The van der Waals surface area contributed by atoms with Crippen LogP contribution in [0.3, 0.4) is 0 Å². The Labute approximate surface area is 194 Å². The maximum absolute atomic E-state index is 12.9. The first-order chi connectivity index (χ1) is 16.1. The first-order valence-corrected chi connectivity index (χ1v) is 10.7. The molecule has 0 aromatic heterocycles. The summed E-state index contributed by atoms with van der Waals surface area (Å²) in [6.45, 7) is 2.42. The van der Waals surface area contributed by atoms with E-state index in [9.17, 15) is 22.8 Å². The number of hydrogen-bond acceptors (Lipinski definition) is 3. The number of hydrogen-bond donors (Lipinski definition) is 1. The van der Waals surface area contributed by atoms with Crippen molar-refractivity contribution in [1.82, 2.24) is 0 Å². The van der Waals surface area contributed by atoms with Crippen LogP contribution in [0.4, 0.5) is 18.9 Å². The molecule has 0 saturated heterocycles. The molecule has 0 aliphatic carbocycles. The fourth-order valence-corrected chi connectivity index (χ4v) is 4.13. The number of anilines is 1. The minimum Gasteiger partial charge on any atom is -0.493 e. The van der Waals surface area contributed by atoms with Crippen LogP contribution in [0.1, 0.15) is 38.2 Å². The Balaban J connectivity index is 1.46. The predicted molar refractivity (Wildman–Crippen MR) is 120 cm³/mol. The molecule has 0 unspecified atom stereocenters. The fraction of sp³-hybridized carbons (Fsp3) is 0.231. The molecule has 1 heterocycles. The average Bonchev–Trinajstić information content (AvgIpc) is 3.10. The van der Waals surface area contributed by atoms with Gasteiger partial charge in [0.25, 0.3) is 5.91 Å². The third kappa shape index (κ3) is 5.06. The van der Waals surface area contributed by atoms with Crippen molar-refractivity contribution < 1.29 is 32.6 Å². The number of carbonyl (C=O) groups is 2. The predicted octanol–water partition coefficient (Wildman–Crippen LogP) is 5.42. The van der Waals surface area contributed by atoms with E-state index >= 15 is 0 Å². The lowest BCUT2D eigenvalue weighted by atomic mass is 10.0. The number of carboxylic acids is 1. The molecule has 34 heavy (non-hydrogen) atoms. The van der Waals surface area contributed by atoms with E-state index in [1.54, 1.807) is 18.2 Å². The molecular formula is C26H22F3NO4. The quantitative estimate of drug-likeness (QED) is 0.502. The minimum atomic E-state index is -4.44. The number of nitrogens with zero attached hydrogens (tertiary/aromatic N) is 1. The van der Waals surface area contributed by atoms with Crippen molar-refractivity contribution in [3.05, 3.63) is 94.0 Å². The van der Waals surface area contributed by atoms with Gasteiger partial charge in [0.1, 0.15) is 5.75 Å². The molecule has 4 rings (SSSR count). The third-order valence-corrected chi connectivity index (χ3v) is 5.63. The maximum atomic E-state index is 12.9. The number of ether oxygens (including phenoxy) is 1. The normalized spacial score (nSPS) is 13.2. The molecule has 0 atom stereocenters. The van der Waals surface area contributed by atoms with Gasteiger partial charge in [0, 0.05) is 23.2 Å². The number of amides is 1. The number of aliphatic carboxylic acids is 1. The van der Waals surface area contributed by atoms with Gasteiger partial charge in [-0.1, -0.05) is 29.8 Å². The molecule has 1 N–H and O–H groups in total. The number of alkyl halides is 3. The van der Waals surface area contributed by atoms with E-state index in [-0.39, 0.29) is 18.9 Å². The van der Waals surface area contributed by atoms with Gasteiger partial charge >= 0.3 is 12.1 Å². The standard InChI is InChI=1S/C26H22F3NO4/c1-16-11-17(13-18(12-16)14-24(31)32)9-10-34-23-4-2-3-21-22(23)15-30(25(21)33)20-7-5-19(6-8-20)26(27,28)29/h2-8,11-13H,9-10,14-15H2,1H3,(H,31,32). The molecule has 3 aromatic carbocycles. The number of benzene rings is 3. The van der Waals surface area contributed by atoms with E-state index in [1.807, 2.05) is 25.1 Å². The number of fused-ring (bicyclic) bond motifs is 1. The van der Waals surface area contributed by atoms with Crippen LogP contribution in [0.2, 0.25) is 0 Å². The van der Waals surface area contributed by atoms with E-state index in [2.05, 4.69) is 0 Å². The highest BCUT2D eigenvalue weighted by Gasteiger charge is 2.33. The van der Waals surface area contributed by atoms with Gasteiger partial charge in [-0.25, -0.2) is 0 Å². The van der Waals surface area contributed by atoms with Crippen molar-refractivity contribution in [2.75, 3.05) is 11.5 Å². The monoisotopic (exact) mass is 469 g/mol. The van der Waals surface area contributed by atoms with Crippen LogP contribution in [-0.4, -0.2) is 23.6 Å². The molecule has 1 aliphatic heterocycles. The molecule has 0 fully saturated rings. The number of rotatable bonds is 7. The zero-order valence-electron chi connectivity index (χ0n) is 18.4. The zero-order valence-corrected chi connectivity index (χ0v) is 18.4. The molecule has 8 heteroatoms. The fourth-order valence-electron chi connectivity index (χ4n) is 4.13. The number of aryl methyl sites for hydroxylation is 1. The molecular weight excluding hydrogens is 447 g/mol. The summed E-state index contributed by atoms with van der Waals surface area (Å²) in [6, 6.07) is 15.3. The lowest BCUT2D eigenvalue weighted by Gasteiger charge is -2.17. The van der Waals surface area contributed by atoms with Crippen molar-refractivity contribution in [3.8, 4) is 5.75 Å². The van der Waals surface area contributed by atoms with Crippen molar-refractivity contribution in [3.63, 3.8) is 0 Å². The van der Waals surface area contributed by atoms with Gasteiger partial charge in [-0.3, -0.25) is 9.59 Å². The largest absolute Gasteiger partial charge is 0.493 e. The van der Waals surface area contributed by atoms with Crippen molar-refractivity contribution >= 4 is 17.6 Å².